The van der Waals surface area contributed by atoms with Gasteiger partial charge in [-0.25, -0.2) is 12.8 Å². The van der Waals surface area contributed by atoms with Crippen LogP contribution in [-0.4, -0.2) is 19.4 Å². The maximum Gasteiger partial charge on any atom is 0.154 e. The summed E-state index contributed by atoms with van der Waals surface area (Å²) in [5, 5.41) is -0.783. The predicted molar refractivity (Wildman–Crippen MR) is 62.3 cm³/mol. The minimum atomic E-state index is -3.25. The molecule has 0 aliphatic rings. The van der Waals surface area contributed by atoms with Crippen LogP contribution in [0.25, 0.3) is 0 Å². The first-order valence-electron chi connectivity index (χ1n) is 5.11. The molecule has 0 spiro atoms. The molecule has 0 saturated carbocycles. The Balaban J connectivity index is 3.04. The van der Waals surface area contributed by atoms with Crippen LogP contribution in [-0.2, 0) is 9.84 Å². The second kappa shape index (κ2) is 4.93. The Morgan fingerprint density at radius 2 is 1.94 bits per heavy atom. The molecule has 1 aromatic carbocycles. The van der Waals surface area contributed by atoms with Gasteiger partial charge in [0.25, 0.3) is 0 Å². The Kier molecular flexibility index (Phi) is 4.04. The molecule has 0 aliphatic heterocycles. The highest BCUT2D eigenvalue weighted by Gasteiger charge is 2.27. The molecule has 5 heteroatoms. The van der Waals surface area contributed by atoms with Crippen molar-refractivity contribution in [3.63, 3.8) is 0 Å². The Hall–Kier alpha value is -0.940. The summed E-state index contributed by atoms with van der Waals surface area (Å²) < 4.78 is 36.7. The van der Waals surface area contributed by atoms with Gasteiger partial charge in [-0.3, -0.25) is 0 Å². The van der Waals surface area contributed by atoms with Crippen molar-refractivity contribution >= 4 is 9.84 Å². The van der Waals surface area contributed by atoms with Gasteiger partial charge >= 0.3 is 0 Å². The molecule has 0 radical (unpaired) electrons. The van der Waals surface area contributed by atoms with Crippen molar-refractivity contribution in [2.45, 2.75) is 25.1 Å². The molecular formula is C11H16FNO2S. The van der Waals surface area contributed by atoms with E-state index in [0.29, 0.717) is 0 Å². The number of halogens is 1. The molecule has 0 aliphatic carbocycles. The van der Waals surface area contributed by atoms with E-state index in [-0.39, 0.29) is 11.3 Å². The summed E-state index contributed by atoms with van der Waals surface area (Å²) in [6.45, 7) is 3.07. The summed E-state index contributed by atoms with van der Waals surface area (Å²) in [6.07, 6.45) is 0. The number of hydrogen-bond donors (Lipinski definition) is 1. The molecule has 0 heterocycles. The van der Waals surface area contributed by atoms with Crippen molar-refractivity contribution in [2.75, 3.05) is 5.75 Å². The first-order chi connectivity index (χ1) is 7.40. The second-order valence-electron chi connectivity index (χ2n) is 3.70. The number of rotatable bonds is 4. The monoisotopic (exact) mass is 245 g/mol. The largest absolute Gasteiger partial charge is 0.323 e. The van der Waals surface area contributed by atoms with E-state index in [1.807, 2.05) is 0 Å². The van der Waals surface area contributed by atoms with Gasteiger partial charge in [-0.2, -0.15) is 0 Å². The first kappa shape index (κ1) is 13.1. The lowest BCUT2D eigenvalue weighted by atomic mass is 10.0. The standard InChI is InChI=1S/C11H16FNO2S/c1-3-16(14,15)8(2)11(13)9-6-4-5-7-10(9)12/h4-8,11H,3,13H2,1-2H3/t8-,11-/m0/s1. The van der Waals surface area contributed by atoms with Crippen molar-refractivity contribution < 1.29 is 12.8 Å². The molecule has 2 atom stereocenters. The summed E-state index contributed by atoms with van der Waals surface area (Å²) in [5.74, 6) is -0.454. The maximum atomic E-state index is 13.4. The average molecular weight is 245 g/mol. The van der Waals surface area contributed by atoms with Crippen molar-refractivity contribution in [3.05, 3.63) is 35.6 Å². The first-order valence-corrected chi connectivity index (χ1v) is 6.83. The van der Waals surface area contributed by atoms with E-state index in [0.717, 1.165) is 0 Å². The topological polar surface area (TPSA) is 60.2 Å². The Morgan fingerprint density at radius 1 is 1.38 bits per heavy atom. The van der Waals surface area contributed by atoms with Gasteiger partial charge in [-0.1, -0.05) is 25.1 Å². The van der Waals surface area contributed by atoms with Crippen LogP contribution in [0.3, 0.4) is 0 Å². The van der Waals surface area contributed by atoms with Gasteiger partial charge in [-0.15, -0.1) is 0 Å². The van der Waals surface area contributed by atoms with Crippen molar-refractivity contribution in [3.8, 4) is 0 Å². The molecule has 1 rings (SSSR count). The molecule has 0 bridgehead atoms. The predicted octanol–water partition coefficient (Wildman–Crippen LogP) is 1.65. The van der Waals surface area contributed by atoms with E-state index in [9.17, 15) is 12.8 Å². The van der Waals surface area contributed by atoms with Gasteiger partial charge in [0.15, 0.2) is 9.84 Å². The molecule has 2 N–H and O–H groups in total. The fraction of sp³-hybridized carbons (Fsp3) is 0.455. The van der Waals surface area contributed by atoms with Gasteiger partial charge in [-0.05, 0) is 13.0 Å². The van der Waals surface area contributed by atoms with E-state index in [2.05, 4.69) is 0 Å². The zero-order chi connectivity index (χ0) is 12.3. The van der Waals surface area contributed by atoms with Crippen LogP contribution < -0.4 is 5.73 Å². The number of hydrogen-bond acceptors (Lipinski definition) is 3. The Labute approximate surface area is 95.4 Å². The Morgan fingerprint density at radius 3 is 2.44 bits per heavy atom. The molecule has 90 valence electrons. The molecule has 16 heavy (non-hydrogen) atoms. The molecule has 0 unspecified atom stereocenters. The fourth-order valence-corrected chi connectivity index (χ4v) is 2.60. The zero-order valence-corrected chi connectivity index (χ0v) is 10.2. The quantitative estimate of drug-likeness (QED) is 0.877. The van der Waals surface area contributed by atoms with E-state index in [1.165, 1.54) is 19.1 Å². The van der Waals surface area contributed by atoms with E-state index < -0.39 is 26.9 Å². The summed E-state index contributed by atoms with van der Waals surface area (Å²) in [5.41, 5.74) is 6.02. The molecule has 0 amide bonds. The third kappa shape index (κ3) is 2.59. The SMILES string of the molecule is CCS(=O)(=O)[C@@H](C)[C@H](N)c1ccccc1F. The molecule has 0 aromatic heterocycles. The van der Waals surface area contributed by atoms with Crippen LogP contribution >= 0.6 is 0 Å². The van der Waals surface area contributed by atoms with Gasteiger partial charge < -0.3 is 5.73 Å². The van der Waals surface area contributed by atoms with Crippen molar-refractivity contribution in [1.82, 2.24) is 0 Å². The van der Waals surface area contributed by atoms with E-state index >= 15 is 0 Å². The summed E-state index contributed by atoms with van der Waals surface area (Å²) in [7, 11) is -3.25. The highest BCUT2D eigenvalue weighted by atomic mass is 32.2. The third-order valence-corrected chi connectivity index (χ3v) is 4.97. The molecule has 0 saturated heterocycles. The van der Waals surface area contributed by atoms with E-state index in [4.69, 9.17) is 5.73 Å². The van der Waals surface area contributed by atoms with Crippen molar-refractivity contribution in [1.29, 1.82) is 0 Å². The van der Waals surface area contributed by atoms with Crippen LogP contribution in [0.2, 0.25) is 0 Å². The third-order valence-electron chi connectivity index (χ3n) is 2.74. The average Bonchev–Trinajstić information content (AvgIpc) is 2.27. The minimum Gasteiger partial charge on any atom is -0.323 e. The zero-order valence-electron chi connectivity index (χ0n) is 9.35. The summed E-state index contributed by atoms with van der Waals surface area (Å²) >= 11 is 0. The Bertz CT molecular complexity index is 459. The van der Waals surface area contributed by atoms with Gasteiger partial charge in [0, 0.05) is 17.4 Å². The summed E-state index contributed by atoms with van der Waals surface area (Å²) in [6, 6.07) is 5.15. The van der Waals surface area contributed by atoms with Crippen LogP contribution in [0.15, 0.2) is 24.3 Å². The van der Waals surface area contributed by atoms with Crippen molar-refractivity contribution in [2.24, 2.45) is 5.73 Å². The van der Waals surface area contributed by atoms with E-state index in [1.54, 1.807) is 19.1 Å². The summed E-state index contributed by atoms with van der Waals surface area (Å²) in [4.78, 5) is 0. The number of sulfone groups is 1. The smallest absolute Gasteiger partial charge is 0.154 e. The minimum absolute atomic E-state index is 0.0102. The highest BCUT2D eigenvalue weighted by molar-refractivity contribution is 7.92. The highest BCUT2D eigenvalue weighted by Crippen LogP contribution is 2.22. The number of nitrogens with two attached hydrogens (primary N) is 1. The molecule has 0 fully saturated rings. The lowest BCUT2D eigenvalue weighted by Gasteiger charge is -2.20. The van der Waals surface area contributed by atoms with Gasteiger partial charge in [0.05, 0.1) is 5.25 Å². The number of benzene rings is 1. The van der Waals surface area contributed by atoms with Crippen LogP contribution in [0.5, 0.6) is 0 Å². The van der Waals surface area contributed by atoms with Crippen LogP contribution in [0, 0.1) is 5.82 Å². The van der Waals surface area contributed by atoms with Gasteiger partial charge in [0.1, 0.15) is 5.82 Å². The van der Waals surface area contributed by atoms with Crippen LogP contribution in [0.1, 0.15) is 25.5 Å². The normalized spacial score (nSPS) is 15.8. The molecule has 3 nitrogen and oxygen atoms in total. The maximum absolute atomic E-state index is 13.4. The molecule has 1 aromatic rings. The lowest BCUT2D eigenvalue weighted by molar-refractivity contribution is 0.547. The van der Waals surface area contributed by atoms with Gasteiger partial charge in [0.2, 0.25) is 0 Å². The second-order valence-corrected chi connectivity index (χ2v) is 6.35. The lowest BCUT2D eigenvalue weighted by Crippen LogP contribution is -2.32. The molecular weight excluding hydrogens is 229 g/mol. The fourth-order valence-electron chi connectivity index (χ4n) is 1.48. The van der Waals surface area contributed by atoms with Crippen LogP contribution in [0.4, 0.5) is 4.39 Å².